The molecule has 0 radical (unpaired) electrons. The Hall–Kier alpha value is -0.0700. The lowest BCUT2D eigenvalue weighted by atomic mass is 10.1. The van der Waals surface area contributed by atoms with E-state index in [1.807, 2.05) is 25.7 Å². The summed E-state index contributed by atoms with van der Waals surface area (Å²) < 4.78 is 11.8. The van der Waals surface area contributed by atoms with Crippen LogP contribution in [-0.4, -0.2) is 59.0 Å². The molecule has 2 rings (SSSR count). The summed E-state index contributed by atoms with van der Waals surface area (Å²) in [4.78, 5) is 14.1. The van der Waals surface area contributed by atoms with Crippen molar-refractivity contribution in [3.63, 3.8) is 0 Å². The van der Waals surface area contributed by atoms with Gasteiger partial charge in [0.05, 0.1) is 17.8 Å². The molecule has 122 valence electrons. The third-order valence-electron chi connectivity index (χ3n) is 3.41. The molecule has 2 fully saturated rings. The Bertz CT molecular complexity index is 340. The maximum Gasteiger partial charge on any atom is 0.410 e. The van der Waals surface area contributed by atoms with E-state index < -0.39 is 5.60 Å². The van der Waals surface area contributed by atoms with E-state index in [1.54, 1.807) is 0 Å². The molecule has 2 aliphatic rings. The zero-order valence-electron chi connectivity index (χ0n) is 13.3. The standard InChI is InChI=1S/C15H27NO3S2/c1-15(2,3)19-14(17)16-5-6-18-11-12(10-16)9-13-20-7-4-8-21-13/h12-13H,4-11H2,1-3H3. The first kappa shape index (κ1) is 17.3. The average molecular weight is 334 g/mol. The minimum absolute atomic E-state index is 0.207. The monoisotopic (exact) mass is 333 g/mol. The van der Waals surface area contributed by atoms with Crippen molar-refractivity contribution in [1.29, 1.82) is 0 Å². The van der Waals surface area contributed by atoms with Gasteiger partial charge < -0.3 is 14.4 Å². The molecule has 0 bridgehead atoms. The second kappa shape index (κ2) is 7.97. The van der Waals surface area contributed by atoms with Crippen LogP contribution in [0, 0.1) is 5.92 Å². The lowest BCUT2D eigenvalue weighted by molar-refractivity contribution is 0.0233. The summed E-state index contributed by atoms with van der Waals surface area (Å²) in [5, 5.41) is 0. The van der Waals surface area contributed by atoms with Crippen molar-refractivity contribution in [1.82, 2.24) is 4.90 Å². The van der Waals surface area contributed by atoms with Crippen LogP contribution in [0.1, 0.15) is 33.6 Å². The van der Waals surface area contributed by atoms with Crippen molar-refractivity contribution in [2.75, 3.05) is 37.8 Å². The Labute approximate surface area is 136 Å². The summed E-state index contributed by atoms with van der Waals surface area (Å²) in [6.07, 6.45) is 2.23. The van der Waals surface area contributed by atoms with Gasteiger partial charge in [-0.05, 0) is 45.1 Å². The predicted molar refractivity (Wildman–Crippen MR) is 90.1 cm³/mol. The SMILES string of the molecule is CC(C)(C)OC(=O)N1CCOCC(CC2SCCCS2)C1. The van der Waals surface area contributed by atoms with Gasteiger partial charge in [0.15, 0.2) is 0 Å². The Morgan fingerprint density at radius 2 is 2.05 bits per heavy atom. The number of nitrogens with zero attached hydrogens (tertiary/aromatic N) is 1. The van der Waals surface area contributed by atoms with Crippen LogP contribution in [0.15, 0.2) is 0 Å². The third-order valence-corrected chi connectivity index (χ3v) is 6.41. The van der Waals surface area contributed by atoms with E-state index in [0.717, 1.165) is 19.6 Å². The lowest BCUT2D eigenvalue weighted by Crippen LogP contribution is -2.40. The van der Waals surface area contributed by atoms with E-state index >= 15 is 0 Å². The highest BCUT2D eigenvalue weighted by molar-refractivity contribution is 8.17. The quantitative estimate of drug-likeness (QED) is 0.774. The molecule has 0 spiro atoms. The molecule has 2 aliphatic heterocycles. The summed E-state index contributed by atoms with van der Waals surface area (Å²) in [5.74, 6) is 2.95. The van der Waals surface area contributed by atoms with Gasteiger partial charge >= 0.3 is 6.09 Å². The van der Waals surface area contributed by atoms with Gasteiger partial charge in [0, 0.05) is 19.0 Å². The van der Waals surface area contributed by atoms with Gasteiger partial charge in [-0.1, -0.05) is 0 Å². The number of rotatable bonds is 2. The van der Waals surface area contributed by atoms with Crippen LogP contribution in [-0.2, 0) is 9.47 Å². The van der Waals surface area contributed by atoms with Gasteiger partial charge in [-0.25, -0.2) is 4.79 Å². The minimum atomic E-state index is -0.436. The second-order valence-corrected chi connectivity index (χ2v) is 9.55. The van der Waals surface area contributed by atoms with Crippen LogP contribution in [0.5, 0.6) is 0 Å². The fraction of sp³-hybridized carbons (Fsp3) is 0.933. The number of carbonyl (C=O) groups excluding carboxylic acids is 1. The van der Waals surface area contributed by atoms with Gasteiger partial charge in [-0.2, -0.15) is 0 Å². The number of carbonyl (C=O) groups is 1. The summed E-state index contributed by atoms with van der Waals surface area (Å²) in [6.45, 7) is 8.49. The molecular formula is C15H27NO3S2. The summed E-state index contributed by atoms with van der Waals surface area (Å²) in [7, 11) is 0. The molecule has 0 N–H and O–H groups in total. The van der Waals surface area contributed by atoms with Crippen LogP contribution < -0.4 is 0 Å². The fourth-order valence-electron chi connectivity index (χ4n) is 2.46. The van der Waals surface area contributed by atoms with Crippen molar-refractivity contribution in [3.05, 3.63) is 0 Å². The smallest absolute Gasteiger partial charge is 0.410 e. The molecule has 0 aromatic carbocycles. The van der Waals surface area contributed by atoms with Gasteiger partial charge in [0.2, 0.25) is 0 Å². The minimum Gasteiger partial charge on any atom is -0.444 e. The molecule has 4 nitrogen and oxygen atoms in total. The zero-order valence-corrected chi connectivity index (χ0v) is 14.9. The van der Waals surface area contributed by atoms with Gasteiger partial charge in [0.1, 0.15) is 5.60 Å². The molecule has 6 heteroatoms. The van der Waals surface area contributed by atoms with E-state index in [9.17, 15) is 4.79 Å². The van der Waals surface area contributed by atoms with Crippen molar-refractivity contribution in [2.45, 2.75) is 43.8 Å². The van der Waals surface area contributed by atoms with E-state index in [2.05, 4.69) is 23.5 Å². The number of ether oxygens (including phenoxy) is 2. The second-order valence-electron chi connectivity index (χ2n) is 6.63. The van der Waals surface area contributed by atoms with Crippen molar-refractivity contribution in [3.8, 4) is 0 Å². The summed E-state index contributed by atoms with van der Waals surface area (Å²) >= 11 is 4.11. The van der Waals surface area contributed by atoms with Gasteiger partial charge in [0.25, 0.3) is 0 Å². The summed E-state index contributed by atoms with van der Waals surface area (Å²) in [6, 6.07) is 0. The first-order valence-electron chi connectivity index (χ1n) is 7.73. The Balaban J connectivity index is 1.86. The molecule has 2 saturated heterocycles. The predicted octanol–water partition coefficient (Wildman–Crippen LogP) is 3.46. The maximum absolute atomic E-state index is 12.2. The van der Waals surface area contributed by atoms with Gasteiger partial charge in [-0.3, -0.25) is 0 Å². The fourth-order valence-corrected chi connectivity index (χ4v) is 5.57. The first-order chi connectivity index (χ1) is 9.94. The molecule has 0 aromatic rings. The molecular weight excluding hydrogens is 306 g/mol. The van der Waals surface area contributed by atoms with Crippen LogP contribution in [0.4, 0.5) is 4.79 Å². The number of thioether (sulfide) groups is 2. The molecule has 1 unspecified atom stereocenters. The maximum atomic E-state index is 12.2. The van der Waals surface area contributed by atoms with E-state index in [1.165, 1.54) is 17.9 Å². The highest BCUT2D eigenvalue weighted by atomic mass is 32.2. The molecule has 0 aliphatic carbocycles. The highest BCUT2D eigenvalue weighted by Crippen LogP contribution is 2.35. The number of amides is 1. The Kier molecular flexibility index (Phi) is 6.56. The average Bonchev–Trinajstić information content (AvgIpc) is 2.64. The van der Waals surface area contributed by atoms with Gasteiger partial charge in [-0.15, -0.1) is 23.5 Å². The molecule has 1 atom stereocenters. The van der Waals surface area contributed by atoms with Crippen molar-refractivity contribution < 1.29 is 14.3 Å². The molecule has 0 aromatic heterocycles. The first-order valence-corrected chi connectivity index (χ1v) is 9.83. The third kappa shape index (κ3) is 6.28. The summed E-state index contributed by atoms with van der Waals surface area (Å²) in [5.41, 5.74) is -0.436. The van der Waals surface area contributed by atoms with E-state index in [0.29, 0.717) is 23.7 Å². The molecule has 2 heterocycles. The van der Waals surface area contributed by atoms with Crippen LogP contribution in [0.25, 0.3) is 0 Å². The van der Waals surface area contributed by atoms with Crippen LogP contribution >= 0.6 is 23.5 Å². The number of hydrogen-bond acceptors (Lipinski definition) is 5. The normalized spacial score (nSPS) is 25.5. The number of hydrogen-bond donors (Lipinski definition) is 0. The largest absolute Gasteiger partial charge is 0.444 e. The van der Waals surface area contributed by atoms with Crippen LogP contribution in [0.2, 0.25) is 0 Å². The Morgan fingerprint density at radius 3 is 2.71 bits per heavy atom. The molecule has 1 amide bonds. The van der Waals surface area contributed by atoms with E-state index in [4.69, 9.17) is 9.47 Å². The van der Waals surface area contributed by atoms with Crippen LogP contribution in [0.3, 0.4) is 0 Å². The lowest BCUT2D eigenvalue weighted by Gasteiger charge is -2.29. The van der Waals surface area contributed by atoms with E-state index in [-0.39, 0.29) is 6.09 Å². The Morgan fingerprint density at radius 1 is 1.33 bits per heavy atom. The zero-order chi connectivity index (χ0) is 15.3. The topological polar surface area (TPSA) is 38.8 Å². The van der Waals surface area contributed by atoms with Crippen molar-refractivity contribution >= 4 is 29.6 Å². The molecule has 21 heavy (non-hydrogen) atoms. The van der Waals surface area contributed by atoms with Crippen molar-refractivity contribution in [2.24, 2.45) is 5.92 Å². The molecule has 0 saturated carbocycles. The highest BCUT2D eigenvalue weighted by Gasteiger charge is 2.28.